The van der Waals surface area contributed by atoms with Crippen molar-refractivity contribution in [2.75, 3.05) is 13.6 Å². The molecule has 1 aromatic rings. The summed E-state index contributed by atoms with van der Waals surface area (Å²) in [5, 5.41) is 11.9. The van der Waals surface area contributed by atoms with Crippen LogP contribution in [0.5, 0.6) is 0 Å². The number of carboxylic acid groups (broad SMARTS) is 1. The van der Waals surface area contributed by atoms with Crippen LogP contribution in [0.15, 0.2) is 30.3 Å². The van der Waals surface area contributed by atoms with Gasteiger partial charge in [0.2, 0.25) is 0 Å². The first-order valence-corrected chi connectivity index (χ1v) is 7.30. The van der Waals surface area contributed by atoms with Gasteiger partial charge in [-0.2, -0.15) is 0 Å². The number of hydrogen-bond acceptors (Lipinski definition) is 2. The highest BCUT2D eigenvalue weighted by atomic mass is 16.4. The summed E-state index contributed by atoms with van der Waals surface area (Å²) in [4.78, 5) is 24.7. The Hall–Kier alpha value is -2.04. The van der Waals surface area contributed by atoms with Crippen LogP contribution in [-0.2, 0) is 11.2 Å². The fourth-order valence-electron chi connectivity index (χ4n) is 2.60. The number of urea groups is 1. The van der Waals surface area contributed by atoms with Crippen molar-refractivity contribution in [3.05, 3.63) is 35.9 Å². The molecular formula is C16H22N2O3. The lowest BCUT2D eigenvalue weighted by molar-refractivity contribution is -0.139. The number of carboxylic acids is 1. The van der Waals surface area contributed by atoms with Gasteiger partial charge in [0.1, 0.15) is 0 Å². The molecule has 0 unspecified atom stereocenters. The van der Waals surface area contributed by atoms with Crippen molar-refractivity contribution < 1.29 is 14.7 Å². The molecule has 1 aromatic carbocycles. The highest BCUT2D eigenvalue weighted by molar-refractivity contribution is 5.77. The van der Waals surface area contributed by atoms with Gasteiger partial charge in [-0.05, 0) is 31.2 Å². The molecule has 1 aliphatic carbocycles. The van der Waals surface area contributed by atoms with Crippen molar-refractivity contribution in [2.24, 2.45) is 0 Å². The molecule has 0 aliphatic heterocycles. The standard InChI is InChI=1S/C16H22N2O3/c1-18(11-8-13-6-3-2-4-7-13)15(21)17-16(9-5-10-16)12-14(19)20/h2-4,6-7H,5,8-12H2,1H3,(H,17,21)(H,19,20). The average Bonchev–Trinajstić information content (AvgIpc) is 2.42. The van der Waals surface area contributed by atoms with E-state index in [1.54, 1.807) is 11.9 Å². The first-order valence-electron chi connectivity index (χ1n) is 7.30. The molecule has 114 valence electrons. The van der Waals surface area contributed by atoms with Gasteiger partial charge in [-0.1, -0.05) is 30.3 Å². The number of carbonyl (C=O) groups is 2. The summed E-state index contributed by atoms with van der Waals surface area (Å²) in [6, 6.07) is 9.79. The number of amides is 2. The number of benzene rings is 1. The summed E-state index contributed by atoms with van der Waals surface area (Å²) in [5.74, 6) is -0.859. The first kappa shape index (κ1) is 15.4. The van der Waals surface area contributed by atoms with E-state index >= 15 is 0 Å². The number of hydrogen-bond donors (Lipinski definition) is 2. The molecule has 0 aromatic heterocycles. The molecule has 0 atom stereocenters. The van der Waals surface area contributed by atoms with Crippen molar-refractivity contribution in [3.8, 4) is 0 Å². The molecule has 0 saturated heterocycles. The number of rotatable bonds is 6. The molecular weight excluding hydrogens is 268 g/mol. The zero-order valence-corrected chi connectivity index (χ0v) is 12.3. The van der Waals surface area contributed by atoms with E-state index in [0.29, 0.717) is 6.54 Å². The smallest absolute Gasteiger partial charge is 0.317 e. The number of carbonyl (C=O) groups excluding carboxylic acids is 1. The number of likely N-dealkylation sites (N-methyl/N-ethyl adjacent to an activating group) is 1. The minimum Gasteiger partial charge on any atom is -0.481 e. The fourth-order valence-corrected chi connectivity index (χ4v) is 2.60. The van der Waals surface area contributed by atoms with E-state index < -0.39 is 11.5 Å². The maximum Gasteiger partial charge on any atom is 0.317 e. The van der Waals surface area contributed by atoms with Crippen LogP contribution in [0.2, 0.25) is 0 Å². The molecule has 2 amide bonds. The van der Waals surface area contributed by atoms with Gasteiger partial charge in [0.25, 0.3) is 0 Å². The third kappa shape index (κ3) is 4.21. The quantitative estimate of drug-likeness (QED) is 0.844. The zero-order chi connectivity index (χ0) is 15.3. The van der Waals surface area contributed by atoms with E-state index in [9.17, 15) is 9.59 Å². The average molecular weight is 290 g/mol. The second-order valence-corrected chi connectivity index (χ2v) is 5.79. The van der Waals surface area contributed by atoms with Gasteiger partial charge in [0.05, 0.1) is 12.0 Å². The van der Waals surface area contributed by atoms with Gasteiger partial charge >= 0.3 is 12.0 Å². The van der Waals surface area contributed by atoms with Crippen molar-refractivity contribution in [1.29, 1.82) is 0 Å². The van der Waals surface area contributed by atoms with Crippen LogP contribution >= 0.6 is 0 Å². The molecule has 1 saturated carbocycles. The van der Waals surface area contributed by atoms with Crippen molar-refractivity contribution in [1.82, 2.24) is 10.2 Å². The Kier molecular flexibility index (Phi) is 4.83. The molecule has 0 spiro atoms. The largest absolute Gasteiger partial charge is 0.481 e. The Labute approximate surface area is 125 Å². The van der Waals surface area contributed by atoms with E-state index in [1.165, 1.54) is 5.56 Å². The van der Waals surface area contributed by atoms with Gasteiger partial charge in [-0.3, -0.25) is 4.79 Å². The van der Waals surface area contributed by atoms with Crippen LogP contribution in [-0.4, -0.2) is 41.1 Å². The predicted octanol–water partition coefficient (Wildman–Crippen LogP) is 2.27. The fraction of sp³-hybridized carbons (Fsp3) is 0.500. The van der Waals surface area contributed by atoms with E-state index in [4.69, 9.17) is 5.11 Å². The second kappa shape index (κ2) is 6.61. The summed E-state index contributed by atoms with van der Waals surface area (Å²) in [5.41, 5.74) is 0.644. The highest BCUT2D eigenvalue weighted by Gasteiger charge is 2.40. The van der Waals surface area contributed by atoms with E-state index in [1.807, 2.05) is 30.3 Å². The maximum absolute atomic E-state index is 12.2. The van der Waals surface area contributed by atoms with Crippen molar-refractivity contribution >= 4 is 12.0 Å². The number of aliphatic carboxylic acids is 1. The summed E-state index contributed by atoms with van der Waals surface area (Å²) in [6.07, 6.45) is 3.26. The van der Waals surface area contributed by atoms with E-state index in [-0.39, 0.29) is 12.5 Å². The number of nitrogens with one attached hydrogen (secondary N) is 1. The molecule has 2 rings (SSSR count). The molecule has 5 heteroatoms. The molecule has 5 nitrogen and oxygen atoms in total. The molecule has 21 heavy (non-hydrogen) atoms. The third-order valence-electron chi connectivity index (χ3n) is 4.10. The summed E-state index contributed by atoms with van der Waals surface area (Å²) in [6.45, 7) is 0.610. The minimum atomic E-state index is -0.859. The lowest BCUT2D eigenvalue weighted by Crippen LogP contribution is -2.57. The number of nitrogens with zero attached hydrogens (tertiary/aromatic N) is 1. The monoisotopic (exact) mass is 290 g/mol. The van der Waals surface area contributed by atoms with Crippen LogP contribution in [0.3, 0.4) is 0 Å². The van der Waals surface area contributed by atoms with Crippen LogP contribution < -0.4 is 5.32 Å². The normalized spacial score (nSPS) is 15.9. The van der Waals surface area contributed by atoms with Crippen molar-refractivity contribution in [3.63, 3.8) is 0 Å². The zero-order valence-electron chi connectivity index (χ0n) is 12.3. The molecule has 2 N–H and O–H groups in total. The Morgan fingerprint density at radius 2 is 1.95 bits per heavy atom. The van der Waals surface area contributed by atoms with Gasteiger partial charge in [0, 0.05) is 13.6 Å². The minimum absolute atomic E-state index is 0.00522. The summed E-state index contributed by atoms with van der Waals surface area (Å²) < 4.78 is 0. The molecule has 0 bridgehead atoms. The highest BCUT2D eigenvalue weighted by Crippen LogP contribution is 2.35. The predicted molar refractivity (Wildman–Crippen MR) is 80.1 cm³/mol. The van der Waals surface area contributed by atoms with E-state index in [2.05, 4.69) is 5.32 Å². The summed E-state index contributed by atoms with van der Waals surface area (Å²) >= 11 is 0. The maximum atomic E-state index is 12.2. The second-order valence-electron chi connectivity index (χ2n) is 5.79. The van der Waals surface area contributed by atoms with Crippen LogP contribution in [0.1, 0.15) is 31.2 Å². The topological polar surface area (TPSA) is 69.6 Å². The molecule has 0 radical (unpaired) electrons. The Morgan fingerprint density at radius 1 is 1.29 bits per heavy atom. The Morgan fingerprint density at radius 3 is 2.48 bits per heavy atom. The molecule has 1 aliphatic rings. The lowest BCUT2D eigenvalue weighted by atomic mass is 9.74. The molecule has 0 heterocycles. The van der Waals surface area contributed by atoms with Crippen LogP contribution in [0.25, 0.3) is 0 Å². The SMILES string of the molecule is CN(CCc1ccccc1)C(=O)NC1(CC(=O)O)CCC1. The Balaban J connectivity index is 1.83. The Bertz CT molecular complexity index is 498. The van der Waals surface area contributed by atoms with Crippen LogP contribution in [0, 0.1) is 0 Å². The van der Waals surface area contributed by atoms with Gasteiger partial charge < -0.3 is 15.3 Å². The molecule has 1 fully saturated rings. The van der Waals surface area contributed by atoms with Gasteiger partial charge in [0.15, 0.2) is 0 Å². The first-order chi connectivity index (χ1) is 10.0. The van der Waals surface area contributed by atoms with Gasteiger partial charge in [-0.25, -0.2) is 4.79 Å². The third-order valence-corrected chi connectivity index (χ3v) is 4.10. The lowest BCUT2D eigenvalue weighted by Gasteiger charge is -2.42. The summed E-state index contributed by atoms with van der Waals surface area (Å²) in [7, 11) is 1.74. The van der Waals surface area contributed by atoms with Crippen molar-refractivity contribution in [2.45, 2.75) is 37.6 Å². The van der Waals surface area contributed by atoms with Crippen LogP contribution in [0.4, 0.5) is 4.79 Å². The van der Waals surface area contributed by atoms with E-state index in [0.717, 1.165) is 25.7 Å². The van der Waals surface area contributed by atoms with Gasteiger partial charge in [-0.15, -0.1) is 0 Å².